The van der Waals surface area contributed by atoms with E-state index in [-0.39, 0.29) is 0 Å². The van der Waals surface area contributed by atoms with Crippen LogP contribution in [0.3, 0.4) is 0 Å². The van der Waals surface area contributed by atoms with Crippen LogP contribution in [-0.4, -0.2) is 13.3 Å². The molecule has 0 aromatic carbocycles. The average molecular weight is 148 g/mol. The maximum atomic E-state index is 5.06. The molecule has 0 rings (SSSR count). The lowest BCUT2D eigenvalue weighted by molar-refractivity contribution is 0.949. The molecule has 0 amide bonds. The Bertz CT molecular complexity index is 206. The Kier molecular flexibility index (Phi) is 5.73. The van der Waals surface area contributed by atoms with Gasteiger partial charge in [-0.15, -0.1) is 6.42 Å². The predicted octanol–water partition coefficient (Wildman–Crippen LogP) is 1.33. The van der Waals surface area contributed by atoms with E-state index in [2.05, 4.69) is 22.9 Å². The fraction of sp³-hybridized carbons (Fsp3) is 0.222. The van der Waals surface area contributed by atoms with Gasteiger partial charge in [0, 0.05) is 11.9 Å². The summed E-state index contributed by atoms with van der Waals surface area (Å²) in [5.41, 5.74) is 0.954. The van der Waals surface area contributed by atoms with E-state index in [4.69, 9.17) is 6.42 Å². The molecule has 1 N–H and O–H groups in total. The van der Waals surface area contributed by atoms with Crippen molar-refractivity contribution in [1.82, 2.24) is 5.32 Å². The van der Waals surface area contributed by atoms with E-state index in [1.165, 1.54) is 0 Å². The van der Waals surface area contributed by atoms with Gasteiger partial charge in [0.15, 0.2) is 0 Å². The van der Waals surface area contributed by atoms with E-state index in [0.717, 1.165) is 5.70 Å². The zero-order valence-corrected chi connectivity index (χ0v) is 6.67. The van der Waals surface area contributed by atoms with Crippen molar-refractivity contribution in [2.45, 2.75) is 6.92 Å². The summed E-state index contributed by atoms with van der Waals surface area (Å²) >= 11 is 0. The molecule has 0 saturated heterocycles. The molecule has 2 heteroatoms. The second-order valence-electron chi connectivity index (χ2n) is 1.80. The van der Waals surface area contributed by atoms with Crippen molar-refractivity contribution in [1.29, 1.82) is 0 Å². The van der Waals surface area contributed by atoms with Gasteiger partial charge in [0.2, 0.25) is 0 Å². The second-order valence-corrected chi connectivity index (χ2v) is 1.80. The number of allylic oxidation sites excluding steroid dienone is 2. The molecule has 0 aliphatic carbocycles. The summed E-state index contributed by atoms with van der Waals surface area (Å²) in [5.74, 6) is 2.48. The van der Waals surface area contributed by atoms with E-state index >= 15 is 0 Å². The molecular formula is C9H12N2. The van der Waals surface area contributed by atoms with E-state index in [0.29, 0.717) is 6.54 Å². The molecule has 0 unspecified atom stereocenters. The fourth-order valence-corrected chi connectivity index (χ4v) is 0.543. The Morgan fingerprint density at radius 2 is 2.55 bits per heavy atom. The topological polar surface area (TPSA) is 24.4 Å². The first kappa shape index (κ1) is 9.51. The van der Waals surface area contributed by atoms with Crippen LogP contribution in [0, 0.1) is 12.3 Å². The number of rotatable bonds is 4. The van der Waals surface area contributed by atoms with Gasteiger partial charge in [-0.3, -0.25) is 4.99 Å². The van der Waals surface area contributed by atoms with Crippen LogP contribution >= 0.6 is 0 Å². The first-order valence-corrected chi connectivity index (χ1v) is 3.31. The summed E-state index contributed by atoms with van der Waals surface area (Å²) in [5, 5.41) is 3.00. The van der Waals surface area contributed by atoms with Gasteiger partial charge in [-0.1, -0.05) is 12.0 Å². The van der Waals surface area contributed by atoms with E-state index in [1.54, 1.807) is 6.20 Å². The molecule has 0 aliphatic heterocycles. The van der Waals surface area contributed by atoms with Gasteiger partial charge in [0.05, 0.1) is 6.54 Å². The van der Waals surface area contributed by atoms with Crippen molar-refractivity contribution < 1.29 is 0 Å². The van der Waals surface area contributed by atoms with Crippen LogP contribution in [0.5, 0.6) is 0 Å². The molecule has 0 fully saturated rings. The highest BCUT2D eigenvalue weighted by Gasteiger charge is 1.83. The number of hydrogen-bond acceptors (Lipinski definition) is 2. The smallest absolute Gasteiger partial charge is 0.0763 e. The molecule has 0 heterocycles. The van der Waals surface area contributed by atoms with Crippen LogP contribution in [-0.2, 0) is 0 Å². The third kappa shape index (κ3) is 4.98. The Morgan fingerprint density at radius 3 is 3.00 bits per heavy atom. The van der Waals surface area contributed by atoms with Gasteiger partial charge in [-0.05, 0) is 19.7 Å². The van der Waals surface area contributed by atoms with E-state index in [1.807, 2.05) is 19.1 Å². The summed E-state index contributed by atoms with van der Waals surface area (Å²) in [6, 6.07) is 0. The zero-order valence-electron chi connectivity index (χ0n) is 6.67. The number of nitrogens with zero attached hydrogens (tertiary/aromatic N) is 1. The molecule has 0 spiro atoms. The van der Waals surface area contributed by atoms with Crippen molar-refractivity contribution in [3.8, 4) is 12.3 Å². The maximum Gasteiger partial charge on any atom is 0.0763 e. The molecule has 0 aromatic rings. The summed E-state index contributed by atoms with van der Waals surface area (Å²) in [7, 11) is 0. The van der Waals surface area contributed by atoms with Crippen molar-refractivity contribution >= 4 is 6.72 Å². The Morgan fingerprint density at radius 1 is 1.82 bits per heavy atom. The summed E-state index contributed by atoms with van der Waals surface area (Å²) in [6.07, 6.45) is 10.4. The lowest BCUT2D eigenvalue weighted by Crippen LogP contribution is -2.10. The van der Waals surface area contributed by atoms with Crippen LogP contribution in [0.4, 0.5) is 0 Å². The minimum Gasteiger partial charge on any atom is -0.374 e. The zero-order chi connectivity index (χ0) is 8.53. The minimum absolute atomic E-state index is 0.529. The van der Waals surface area contributed by atoms with Gasteiger partial charge < -0.3 is 5.32 Å². The van der Waals surface area contributed by atoms with Crippen LogP contribution in [0.25, 0.3) is 0 Å². The lowest BCUT2D eigenvalue weighted by atomic mass is 10.4. The molecule has 0 atom stereocenters. The van der Waals surface area contributed by atoms with Crippen LogP contribution in [0.2, 0.25) is 0 Å². The molecular weight excluding hydrogens is 136 g/mol. The highest BCUT2D eigenvalue weighted by Crippen LogP contribution is 1.90. The van der Waals surface area contributed by atoms with Crippen molar-refractivity contribution in [3.05, 3.63) is 24.0 Å². The minimum atomic E-state index is 0.529. The molecule has 2 nitrogen and oxygen atoms in total. The van der Waals surface area contributed by atoms with Crippen molar-refractivity contribution in [3.63, 3.8) is 0 Å². The quantitative estimate of drug-likeness (QED) is 0.363. The largest absolute Gasteiger partial charge is 0.374 e. The monoisotopic (exact) mass is 148 g/mol. The van der Waals surface area contributed by atoms with Crippen LogP contribution in [0.1, 0.15) is 6.92 Å². The summed E-state index contributed by atoms with van der Waals surface area (Å²) < 4.78 is 0. The second kappa shape index (κ2) is 6.63. The van der Waals surface area contributed by atoms with Crippen molar-refractivity contribution in [2.24, 2.45) is 4.99 Å². The molecule has 0 radical (unpaired) electrons. The average Bonchev–Trinajstić information content (AvgIpc) is 2.05. The van der Waals surface area contributed by atoms with E-state index < -0.39 is 0 Å². The first-order chi connectivity index (χ1) is 5.35. The predicted molar refractivity (Wildman–Crippen MR) is 49.3 cm³/mol. The molecule has 0 aliphatic rings. The normalized spacial score (nSPS) is 11.1. The molecule has 0 saturated carbocycles. The highest BCUT2D eigenvalue weighted by atomic mass is 14.9. The van der Waals surface area contributed by atoms with Gasteiger partial charge in [0.1, 0.15) is 0 Å². The van der Waals surface area contributed by atoms with Gasteiger partial charge in [0.25, 0.3) is 0 Å². The standard InChI is InChI=1S/C9H12N2/c1-4-7-11-9(5-2)6-8-10-3/h1,5-6,8,11H,3,7H2,2H3/b8-6-,9-5+. The molecule has 11 heavy (non-hydrogen) atoms. The van der Waals surface area contributed by atoms with Gasteiger partial charge >= 0.3 is 0 Å². The Labute approximate surface area is 67.7 Å². The molecule has 0 aromatic heterocycles. The number of terminal acetylenes is 1. The summed E-state index contributed by atoms with van der Waals surface area (Å²) in [6.45, 7) is 5.77. The SMILES string of the molecule is C#CCNC(/C=C\N=C)=C/C. The molecule has 0 bridgehead atoms. The highest BCUT2D eigenvalue weighted by molar-refractivity contribution is 5.27. The third-order valence-corrected chi connectivity index (χ3v) is 1.07. The summed E-state index contributed by atoms with van der Waals surface area (Å²) in [4.78, 5) is 3.57. The number of nitrogens with one attached hydrogen (secondary N) is 1. The van der Waals surface area contributed by atoms with Crippen LogP contribution in [0.15, 0.2) is 29.0 Å². The Balaban J connectivity index is 3.89. The maximum absolute atomic E-state index is 5.06. The van der Waals surface area contributed by atoms with Crippen molar-refractivity contribution in [2.75, 3.05) is 6.54 Å². The van der Waals surface area contributed by atoms with E-state index in [9.17, 15) is 0 Å². The Hall–Kier alpha value is -1.49. The fourth-order valence-electron chi connectivity index (χ4n) is 0.543. The van der Waals surface area contributed by atoms with Gasteiger partial charge in [-0.2, -0.15) is 0 Å². The van der Waals surface area contributed by atoms with Crippen LogP contribution < -0.4 is 5.32 Å². The number of hydrogen-bond donors (Lipinski definition) is 1. The molecule has 58 valence electrons. The van der Waals surface area contributed by atoms with Gasteiger partial charge in [-0.25, -0.2) is 0 Å². The third-order valence-electron chi connectivity index (χ3n) is 1.07. The lowest BCUT2D eigenvalue weighted by Gasteiger charge is -1.99. The number of aliphatic imine (C=N–C) groups is 1. The first-order valence-electron chi connectivity index (χ1n) is 3.31.